The van der Waals surface area contributed by atoms with E-state index in [1.165, 1.54) is 31.4 Å². The van der Waals surface area contributed by atoms with Gasteiger partial charge >= 0.3 is 0 Å². The molecule has 1 aromatic heterocycles. The minimum atomic E-state index is 0.279. The summed E-state index contributed by atoms with van der Waals surface area (Å²) in [7, 11) is 0. The number of aromatic nitrogens is 1. The van der Waals surface area contributed by atoms with Crippen LogP contribution in [0.15, 0.2) is 5.38 Å². The first kappa shape index (κ1) is 11.1. The molecule has 1 fully saturated rings. The Hall–Kier alpha value is -0.410. The second-order valence-corrected chi connectivity index (χ2v) is 6.09. The first-order valence-electron chi connectivity index (χ1n) is 5.77. The molecule has 0 radical (unpaired) electrons. The Bertz CT molecular complexity index is 326. The van der Waals surface area contributed by atoms with Gasteiger partial charge in [0.25, 0.3) is 0 Å². The van der Waals surface area contributed by atoms with Crippen molar-refractivity contribution >= 4 is 11.3 Å². The normalized spacial score (nSPS) is 21.8. The molecule has 1 saturated carbocycles. The van der Waals surface area contributed by atoms with Crippen LogP contribution in [0.2, 0.25) is 0 Å². The lowest BCUT2D eigenvalue weighted by Gasteiger charge is -2.30. The molecule has 0 spiro atoms. The van der Waals surface area contributed by atoms with E-state index >= 15 is 0 Å². The standard InChI is InChI=1S/C12H20N2S/c1-9-14-10(8-15-9)7-11(13)12(2)5-3-4-6-12/h8,11H,3-7,13H2,1-2H3. The highest BCUT2D eigenvalue weighted by Crippen LogP contribution is 2.40. The fourth-order valence-electron chi connectivity index (χ4n) is 2.53. The van der Waals surface area contributed by atoms with Crippen LogP contribution in [-0.2, 0) is 6.42 Å². The van der Waals surface area contributed by atoms with Crippen molar-refractivity contribution < 1.29 is 0 Å². The molecule has 0 bridgehead atoms. The van der Waals surface area contributed by atoms with Gasteiger partial charge in [0, 0.05) is 17.8 Å². The lowest BCUT2D eigenvalue weighted by Crippen LogP contribution is -2.39. The lowest BCUT2D eigenvalue weighted by molar-refractivity contribution is 0.259. The highest BCUT2D eigenvalue weighted by molar-refractivity contribution is 7.09. The van der Waals surface area contributed by atoms with E-state index in [1.54, 1.807) is 11.3 Å². The monoisotopic (exact) mass is 224 g/mol. The first-order chi connectivity index (χ1) is 7.10. The predicted molar refractivity (Wildman–Crippen MR) is 65.1 cm³/mol. The molecule has 2 N–H and O–H groups in total. The number of nitrogens with zero attached hydrogens (tertiary/aromatic N) is 1. The molecule has 2 nitrogen and oxygen atoms in total. The maximum Gasteiger partial charge on any atom is 0.0897 e. The molecular formula is C12H20N2S. The molecule has 15 heavy (non-hydrogen) atoms. The Morgan fingerprint density at radius 3 is 2.73 bits per heavy atom. The van der Waals surface area contributed by atoms with Gasteiger partial charge in [-0.05, 0) is 25.2 Å². The number of nitrogens with two attached hydrogens (primary N) is 1. The number of hydrogen-bond donors (Lipinski definition) is 1. The Labute approximate surface area is 95.9 Å². The van der Waals surface area contributed by atoms with Crippen molar-refractivity contribution in [3.05, 3.63) is 16.1 Å². The van der Waals surface area contributed by atoms with Crippen molar-refractivity contribution in [2.75, 3.05) is 0 Å². The summed E-state index contributed by atoms with van der Waals surface area (Å²) >= 11 is 1.72. The van der Waals surface area contributed by atoms with E-state index < -0.39 is 0 Å². The first-order valence-corrected chi connectivity index (χ1v) is 6.65. The van der Waals surface area contributed by atoms with Crippen LogP contribution >= 0.6 is 11.3 Å². The third-order valence-electron chi connectivity index (χ3n) is 3.74. The third kappa shape index (κ3) is 2.40. The van der Waals surface area contributed by atoms with Crippen LogP contribution in [0.1, 0.15) is 43.3 Å². The van der Waals surface area contributed by atoms with Gasteiger partial charge in [-0.15, -0.1) is 11.3 Å². The van der Waals surface area contributed by atoms with Crippen molar-refractivity contribution in [1.29, 1.82) is 0 Å². The summed E-state index contributed by atoms with van der Waals surface area (Å²) in [4.78, 5) is 4.49. The van der Waals surface area contributed by atoms with Crippen LogP contribution in [-0.4, -0.2) is 11.0 Å². The van der Waals surface area contributed by atoms with E-state index in [9.17, 15) is 0 Å². The highest BCUT2D eigenvalue weighted by atomic mass is 32.1. The fourth-order valence-corrected chi connectivity index (χ4v) is 3.15. The van der Waals surface area contributed by atoms with Gasteiger partial charge in [-0.1, -0.05) is 19.8 Å². The van der Waals surface area contributed by atoms with E-state index in [4.69, 9.17) is 5.73 Å². The fraction of sp³-hybridized carbons (Fsp3) is 0.750. The molecule has 84 valence electrons. The number of rotatable bonds is 3. The van der Waals surface area contributed by atoms with Crippen LogP contribution in [0.3, 0.4) is 0 Å². The molecule has 1 aromatic rings. The maximum absolute atomic E-state index is 6.32. The highest BCUT2D eigenvalue weighted by Gasteiger charge is 2.34. The molecule has 1 atom stereocenters. The molecule has 2 rings (SSSR count). The summed E-state index contributed by atoms with van der Waals surface area (Å²) in [5.41, 5.74) is 7.86. The van der Waals surface area contributed by atoms with Gasteiger partial charge < -0.3 is 5.73 Å². The van der Waals surface area contributed by atoms with Gasteiger partial charge in [-0.2, -0.15) is 0 Å². The van der Waals surface area contributed by atoms with Crippen molar-refractivity contribution in [3.8, 4) is 0 Å². The maximum atomic E-state index is 6.32. The Kier molecular flexibility index (Phi) is 3.12. The number of hydrogen-bond acceptors (Lipinski definition) is 3. The van der Waals surface area contributed by atoms with Gasteiger partial charge in [-0.3, -0.25) is 0 Å². The lowest BCUT2D eigenvalue weighted by atomic mass is 9.79. The van der Waals surface area contributed by atoms with Crippen LogP contribution < -0.4 is 5.73 Å². The topological polar surface area (TPSA) is 38.9 Å². The van der Waals surface area contributed by atoms with E-state index in [0.717, 1.165) is 11.4 Å². The number of thiazole rings is 1. The van der Waals surface area contributed by atoms with Crippen LogP contribution in [0.5, 0.6) is 0 Å². The minimum Gasteiger partial charge on any atom is -0.327 e. The zero-order valence-electron chi connectivity index (χ0n) is 9.62. The second kappa shape index (κ2) is 4.22. The second-order valence-electron chi connectivity index (χ2n) is 5.03. The summed E-state index contributed by atoms with van der Waals surface area (Å²) in [5.74, 6) is 0. The van der Waals surface area contributed by atoms with Crippen LogP contribution in [0.25, 0.3) is 0 Å². The van der Waals surface area contributed by atoms with Crippen LogP contribution in [0.4, 0.5) is 0 Å². The van der Waals surface area contributed by atoms with E-state index in [1.807, 2.05) is 0 Å². The molecule has 1 aliphatic rings. The predicted octanol–water partition coefficient (Wildman–Crippen LogP) is 2.90. The summed E-state index contributed by atoms with van der Waals surface area (Å²) < 4.78 is 0. The smallest absolute Gasteiger partial charge is 0.0897 e. The SMILES string of the molecule is Cc1nc(CC(N)C2(C)CCCC2)cs1. The average Bonchev–Trinajstić information content (AvgIpc) is 2.76. The van der Waals surface area contributed by atoms with Gasteiger partial charge in [0.15, 0.2) is 0 Å². The van der Waals surface area contributed by atoms with Crippen molar-refractivity contribution in [1.82, 2.24) is 4.98 Å². The zero-order chi connectivity index (χ0) is 10.9. The van der Waals surface area contributed by atoms with Crippen molar-refractivity contribution in [3.63, 3.8) is 0 Å². The molecule has 1 unspecified atom stereocenters. The molecule has 1 heterocycles. The minimum absolute atomic E-state index is 0.279. The summed E-state index contributed by atoms with van der Waals surface area (Å²) in [6.07, 6.45) is 6.22. The molecular weight excluding hydrogens is 204 g/mol. The molecule has 0 aliphatic heterocycles. The van der Waals surface area contributed by atoms with E-state index in [-0.39, 0.29) is 6.04 Å². The van der Waals surface area contributed by atoms with Gasteiger partial charge in [0.1, 0.15) is 0 Å². The zero-order valence-corrected chi connectivity index (χ0v) is 10.4. The third-order valence-corrected chi connectivity index (χ3v) is 4.56. The Morgan fingerprint density at radius 2 is 2.20 bits per heavy atom. The average molecular weight is 224 g/mol. The molecule has 0 saturated heterocycles. The summed E-state index contributed by atoms with van der Waals surface area (Å²) in [6, 6.07) is 0.279. The number of aryl methyl sites for hydroxylation is 1. The van der Waals surface area contributed by atoms with Gasteiger partial charge in [0.2, 0.25) is 0 Å². The van der Waals surface area contributed by atoms with Crippen molar-refractivity contribution in [2.45, 2.75) is 52.0 Å². The van der Waals surface area contributed by atoms with E-state index in [2.05, 4.69) is 24.2 Å². The molecule has 0 amide bonds. The van der Waals surface area contributed by atoms with Crippen LogP contribution in [0, 0.1) is 12.3 Å². The largest absolute Gasteiger partial charge is 0.327 e. The molecule has 0 aromatic carbocycles. The molecule has 3 heteroatoms. The summed E-state index contributed by atoms with van der Waals surface area (Å²) in [6.45, 7) is 4.39. The van der Waals surface area contributed by atoms with E-state index in [0.29, 0.717) is 5.41 Å². The van der Waals surface area contributed by atoms with Gasteiger partial charge in [-0.25, -0.2) is 4.98 Å². The van der Waals surface area contributed by atoms with Crippen molar-refractivity contribution in [2.24, 2.45) is 11.1 Å². The summed E-state index contributed by atoms with van der Waals surface area (Å²) in [5, 5.41) is 3.29. The van der Waals surface area contributed by atoms with Gasteiger partial charge in [0.05, 0.1) is 10.7 Å². The Morgan fingerprint density at radius 1 is 1.53 bits per heavy atom. The molecule has 1 aliphatic carbocycles. The Balaban J connectivity index is 1.99. The quantitative estimate of drug-likeness (QED) is 0.857.